The highest BCUT2D eigenvalue weighted by Gasteiger charge is 2.27. The lowest BCUT2D eigenvalue weighted by Crippen LogP contribution is -2.37. The lowest BCUT2D eigenvalue weighted by Gasteiger charge is -2.29. The molecule has 0 unspecified atom stereocenters. The van der Waals surface area contributed by atoms with E-state index in [0.717, 1.165) is 35.4 Å². The van der Waals surface area contributed by atoms with Gasteiger partial charge in [0.1, 0.15) is 5.82 Å². The number of cyclic esters (lactones) is 1. The molecule has 0 spiro atoms. The summed E-state index contributed by atoms with van der Waals surface area (Å²) in [4.78, 5) is 24.1. The first-order chi connectivity index (χ1) is 15.7. The van der Waals surface area contributed by atoms with Gasteiger partial charge in [0.05, 0.1) is 18.7 Å². The van der Waals surface area contributed by atoms with Crippen molar-refractivity contribution in [2.45, 2.75) is 0 Å². The van der Waals surface area contributed by atoms with Gasteiger partial charge in [0.2, 0.25) is 12.7 Å². The number of aromatic nitrogens is 1. The van der Waals surface area contributed by atoms with Crippen molar-refractivity contribution in [3.8, 4) is 11.5 Å². The molecule has 3 aliphatic rings. The minimum Gasteiger partial charge on any atom is -0.454 e. The van der Waals surface area contributed by atoms with Gasteiger partial charge in [0.15, 0.2) is 17.2 Å². The van der Waals surface area contributed by atoms with Crippen molar-refractivity contribution in [1.29, 1.82) is 0 Å². The van der Waals surface area contributed by atoms with E-state index < -0.39 is 5.97 Å². The molecule has 3 aliphatic heterocycles. The van der Waals surface area contributed by atoms with E-state index in [1.54, 1.807) is 24.3 Å². The van der Waals surface area contributed by atoms with E-state index in [2.05, 4.69) is 9.89 Å². The van der Waals surface area contributed by atoms with E-state index in [-0.39, 0.29) is 18.4 Å². The molecule has 0 bridgehead atoms. The molecule has 1 aromatic heterocycles. The molecule has 2 aromatic carbocycles. The predicted octanol–water partition coefficient (Wildman–Crippen LogP) is 3.14. The van der Waals surface area contributed by atoms with Gasteiger partial charge in [-0.2, -0.15) is 0 Å². The summed E-state index contributed by atoms with van der Waals surface area (Å²) in [7, 11) is 0. The summed E-state index contributed by atoms with van der Waals surface area (Å²) >= 11 is 0. The summed E-state index contributed by atoms with van der Waals surface area (Å²) in [5, 5.41) is 0.989. The van der Waals surface area contributed by atoms with Crippen LogP contribution in [0.2, 0.25) is 0 Å². The summed E-state index contributed by atoms with van der Waals surface area (Å²) < 4.78 is 21.7. The summed E-state index contributed by atoms with van der Waals surface area (Å²) in [6, 6.07) is 15.3. The molecule has 1 saturated heterocycles. The number of rotatable bonds is 3. The highest BCUT2D eigenvalue weighted by Crippen LogP contribution is 2.34. The number of ether oxygens (including phenoxy) is 4. The van der Waals surface area contributed by atoms with Crippen LogP contribution in [-0.4, -0.2) is 49.9 Å². The van der Waals surface area contributed by atoms with Crippen LogP contribution >= 0.6 is 0 Å². The molecule has 0 amide bonds. The molecule has 0 aliphatic carbocycles. The number of pyridine rings is 1. The number of nitrogens with zero attached hydrogens (tertiary/aromatic N) is 3. The molecule has 8 nitrogen and oxygen atoms in total. The van der Waals surface area contributed by atoms with Gasteiger partial charge in [0, 0.05) is 29.6 Å². The summed E-state index contributed by atoms with van der Waals surface area (Å²) in [6.45, 7) is 2.92. The highest BCUT2D eigenvalue weighted by molar-refractivity contribution is 6.13. The molecule has 1 fully saturated rings. The van der Waals surface area contributed by atoms with E-state index in [0.29, 0.717) is 30.3 Å². The maximum atomic E-state index is 12.6. The van der Waals surface area contributed by atoms with Gasteiger partial charge in [0.25, 0.3) is 0 Å². The second kappa shape index (κ2) is 7.65. The number of carbonyl (C=O) groups excluding carboxylic acids is 1. The predicted molar refractivity (Wildman–Crippen MR) is 118 cm³/mol. The average Bonchev–Trinajstić information content (AvgIpc) is 3.45. The van der Waals surface area contributed by atoms with Gasteiger partial charge < -0.3 is 23.8 Å². The number of esters is 1. The van der Waals surface area contributed by atoms with Crippen LogP contribution in [-0.2, 0) is 14.3 Å². The van der Waals surface area contributed by atoms with Crippen molar-refractivity contribution in [2.75, 3.05) is 38.0 Å². The molecule has 0 atom stereocenters. The van der Waals surface area contributed by atoms with Gasteiger partial charge in [-0.15, -0.1) is 0 Å². The first kappa shape index (κ1) is 18.8. The van der Waals surface area contributed by atoms with E-state index >= 15 is 0 Å². The van der Waals surface area contributed by atoms with Gasteiger partial charge in [-0.05, 0) is 36.4 Å². The first-order valence-corrected chi connectivity index (χ1v) is 10.4. The zero-order valence-electron chi connectivity index (χ0n) is 17.1. The number of hydrogen-bond donors (Lipinski definition) is 0. The van der Waals surface area contributed by atoms with Crippen molar-refractivity contribution in [3.63, 3.8) is 0 Å². The number of benzene rings is 2. The van der Waals surface area contributed by atoms with Crippen molar-refractivity contribution in [3.05, 3.63) is 65.4 Å². The number of aliphatic imine (C=N–C) groups is 1. The SMILES string of the molecule is O=C1OC(c2ccc3c(c2)OCO3)=N/C1=C\c1cc2ccccc2nc1N1CCOCC1. The molecule has 0 N–H and O–H groups in total. The molecule has 160 valence electrons. The van der Waals surface area contributed by atoms with Gasteiger partial charge in [-0.25, -0.2) is 14.8 Å². The molecular formula is C24H19N3O5. The fourth-order valence-electron chi connectivity index (χ4n) is 3.97. The van der Waals surface area contributed by atoms with Gasteiger partial charge in [-0.3, -0.25) is 0 Å². The Bertz CT molecular complexity index is 1290. The molecule has 3 aromatic rings. The highest BCUT2D eigenvalue weighted by atomic mass is 16.7. The van der Waals surface area contributed by atoms with Crippen LogP contribution in [0, 0.1) is 0 Å². The molecule has 4 heterocycles. The Balaban J connectivity index is 1.41. The van der Waals surface area contributed by atoms with Gasteiger partial charge >= 0.3 is 5.97 Å². The Morgan fingerprint density at radius 2 is 1.81 bits per heavy atom. The van der Waals surface area contributed by atoms with E-state index in [9.17, 15) is 4.79 Å². The fourth-order valence-corrected chi connectivity index (χ4v) is 3.97. The normalized spacial score (nSPS) is 18.9. The minimum absolute atomic E-state index is 0.176. The smallest absolute Gasteiger partial charge is 0.363 e. The van der Waals surface area contributed by atoms with Crippen LogP contribution in [0.25, 0.3) is 17.0 Å². The van der Waals surface area contributed by atoms with Crippen molar-refractivity contribution < 1.29 is 23.7 Å². The van der Waals surface area contributed by atoms with Crippen molar-refractivity contribution >= 4 is 34.7 Å². The second-order valence-electron chi connectivity index (χ2n) is 7.60. The van der Waals surface area contributed by atoms with Crippen molar-refractivity contribution in [2.24, 2.45) is 4.99 Å². The third-order valence-electron chi connectivity index (χ3n) is 5.58. The van der Waals surface area contributed by atoms with E-state index in [4.69, 9.17) is 23.9 Å². The Kier molecular flexibility index (Phi) is 4.50. The number of morpholine rings is 1. The van der Waals surface area contributed by atoms with Crippen LogP contribution in [0.15, 0.2) is 59.2 Å². The molecule has 0 radical (unpaired) electrons. The van der Waals surface area contributed by atoms with Gasteiger partial charge in [-0.1, -0.05) is 18.2 Å². The van der Waals surface area contributed by atoms with Crippen LogP contribution in [0.1, 0.15) is 11.1 Å². The third kappa shape index (κ3) is 3.34. The van der Waals surface area contributed by atoms with Crippen molar-refractivity contribution in [1.82, 2.24) is 4.98 Å². The lowest BCUT2D eigenvalue weighted by molar-refractivity contribution is -0.129. The fraction of sp³-hybridized carbons (Fsp3) is 0.208. The number of fused-ring (bicyclic) bond motifs is 2. The molecular weight excluding hydrogens is 410 g/mol. The molecule has 0 saturated carbocycles. The van der Waals surface area contributed by atoms with E-state index in [1.807, 2.05) is 30.3 Å². The Hall–Kier alpha value is -3.91. The van der Waals surface area contributed by atoms with Crippen LogP contribution in [0.3, 0.4) is 0 Å². The van der Waals surface area contributed by atoms with Crippen LogP contribution in [0.5, 0.6) is 11.5 Å². The topological polar surface area (TPSA) is 82.5 Å². The zero-order chi connectivity index (χ0) is 21.5. The maximum Gasteiger partial charge on any atom is 0.363 e. The lowest BCUT2D eigenvalue weighted by atomic mass is 10.1. The Labute approximate surface area is 183 Å². The average molecular weight is 429 g/mol. The zero-order valence-corrected chi connectivity index (χ0v) is 17.1. The van der Waals surface area contributed by atoms with Crippen LogP contribution < -0.4 is 14.4 Å². The monoisotopic (exact) mass is 429 g/mol. The molecule has 32 heavy (non-hydrogen) atoms. The Morgan fingerprint density at radius 3 is 2.72 bits per heavy atom. The summed E-state index contributed by atoms with van der Waals surface area (Å²) in [5.41, 5.74) is 2.59. The third-order valence-corrected chi connectivity index (χ3v) is 5.58. The number of hydrogen-bond acceptors (Lipinski definition) is 8. The number of para-hydroxylation sites is 1. The number of carbonyl (C=O) groups is 1. The molecule has 6 rings (SSSR count). The summed E-state index contributed by atoms with van der Waals surface area (Å²) in [5.74, 6) is 1.80. The second-order valence-corrected chi connectivity index (χ2v) is 7.60. The van der Waals surface area contributed by atoms with E-state index in [1.165, 1.54) is 0 Å². The quantitative estimate of drug-likeness (QED) is 0.467. The molecule has 8 heteroatoms. The minimum atomic E-state index is -0.501. The maximum absolute atomic E-state index is 12.6. The number of anilines is 1. The Morgan fingerprint density at radius 1 is 0.969 bits per heavy atom. The summed E-state index contributed by atoms with van der Waals surface area (Å²) in [6.07, 6.45) is 1.74. The standard InChI is InChI=1S/C24H19N3O5/c28-24-19(26-23(32-24)16-5-6-20-21(13-16)31-14-30-20)12-17-11-15-3-1-2-4-18(15)25-22(17)27-7-9-29-10-8-27/h1-6,11-13H,7-10,14H2/b19-12-. The largest absolute Gasteiger partial charge is 0.454 e. The first-order valence-electron chi connectivity index (χ1n) is 10.4. The van der Waals surface area contributed by atoms with Crippen LogP contribution in [0.4, 0.5) is 5.82 Å².